The Hall–Kier alpha value is -2.18. The smallest absolute Gasteiger partial charge is 0.344 e. The van der Waals surface area contributed by atoms with Crippen LogP contribution in [-0.2, 0) is 4.74 Å². The molecule has 29 heavy (non-hydrogen) atoms. The highest BCUT2D eigenvalue weighted by Gasteiger charge is 2.41. The zero-order chi connectivity index (χ0) is 20.5. The van der Waals surface area contributed by atoms with Crippen molar-refractivity contribution in [1.29, 1.82) is 0 Å². The summed E-state index contributed by atoms with van der Waals surface area (Å²) in [6.07, 6.45) is 4.46. The fourth-order valence-corrected chi connectivity index (χ4v) is 5.10. The second-order valence-electron chi connectivity index (χ2n) is 8.58. The van der Waals surface area contributed by atoms with Gasteiger partial charge in [0.15, 0.2) is 0 Å². The summed E-state index contributed by atoms with van der Waals surface area (Å²) in [7, 11) is 0. The van der Waals surface area contributed by atoms with Crippen LogP contribution in [0.5, 0.6) is 0 Å². The van der Waals surface area contributed by atoms with Crippen LogP contribution >= 0.6 is 0 Å². The van der Waals surface area contributed by atoms with Crippen molar-refractivity contribution in [2.75, 3.05) is 13.2 Å². The van der Waals surface area contributed by atoms with Gasteiger partial charge in [-0.2, -0.15) is 0 Å². The van der Waals surface area contributed by atoms with E-state index < -0.39 is 5.97 Å². The van der Waals surface area contributed by atoms with Crippen LogP contribution in [0.1, 0.15) is 62.4 Å². The summed E-state index contributed by atoms with van der Waals surface area (Å²) in [6.45, 7) is 5.00. The fourth-order valence-electron chi connectivity index (χ4n) is 5.10. The van der Waals surface area contributed by atoms with Crippen LogP contribution in [0.4, 0.5) is 0 Å². The predicted molar refractivity (Wildman–Crippen MR) is 112 cm³/mol. The first-order valence-electron chi connectivity index (χ1n) is 10.7. The number of pyridine rings is 1. The van der Waals surface area contributed by atoms with E-state index >= 15 is 0 Å². The second-order valence-corrected chi connectivity index (χ2v) is 8.58. The van der Waals surface area contributed by atoms with Crippen LogP contribution in [0.25, 0.3) is 10.9 Å². The van der Waals surface area contributed by atoms with Crippen LogP contribution in [0, 0.1) is 0 Å². The van der Waals surface area contributed by atoms with Gasteiger partial charge in [-0.25, -0.2) is 4.79 Å². The van der Waals surface area contributed by atoms with E-state index in [1.54, 1.807) is 10.6 Å². The first-order chi connectivity index (χ1) is 14.0. The molecule has 2 fully saturated rings. The van der Waals surface area contributed by atoms with Gasteiger partial charge in [0.25, 0.3) is 5.56 Å². The molecular formula is C23H30N2O4. The lowest BCUT2D eigenvalue weighted by Crippen LogP contribution is -2.46. The summed E-state index contributed by atoms with van der Waals surface area (Å²) in [4.78, 5) is 28.5. The number of hydrogen-bond donors (Lipinski definition) is 1. The van der Waals surface area contributed by atoms with E-state index in [0.717, 1.165) is 49.6 Å². The molecule has 2 bridgehead atoms. The van der Waals surface area contributed by atoms with E-state index in [2.05, 4.69) is 4.90 Å². The van der Waals surface area contributed by atoms with Crippen molar-refractivity contribution in [3.8, 4) is 0 Å². The van der Waals surface area contributed by atoms with Gasteiger partial charge in [-0.15, -0.1) is 0 Å². The number of aliphatic hydroxyl groups is 1. The Morgan fingerprint density at radius 1 is 1.21 bits per heavy atom. The summed E-state index contributed by atoms with van der Waals surface area (Å²) < 4.78 is 7.52. The largest absolute Gasteiger partial charge is 0.459 e. The van der Waals surface area contributed by atoms with Crippen molar-refractivity contribution in [2.24, 2.45) is 0 Å². The van der Waals surface area contributed by atoms with E-state index in [1.165, 1.54) is 0 Å². The number of rotatable bonds is 6. The number of fused-ring (bicyclic) bond motifs is 3. The molecule has 0 radical (unpaired) electrons. The first kappa shape index (κ1) is 20.1. The van der Waals surface area contributed by atoms with Crippen molar-refractivity contribution in [2.45, 2.75) is 70.2 Å². The molecule has 3 atom stereocenters. The minimum Gasteiger partial charge on any atom is -0.459 e. The normalized spacial score (nSPS) is 24.3. The number of ether oxygens (including phenoxy) is 1. The van der Waals surface area contributed by atoms with Gasteiger partial charge < -0.3 is 14.4 Å². The molecule has 1 N–H and O–H groups in total. The Kier molecular flexibility index (Phi) is 5.74. The van der Waals surface area contributed by atoms with E-state index in [4.69, 9.17) is 9.84 Å². The van der Waals surface area contributed by atoms with E-state index in [-0.39, 0.29) is 29.9 Å². The van der Waals surface area contributed by atoms with Gasteiger partial charge in [0, 0.05) is 44.1 Å². The highest BCUT2D eigenvalue weighted by Crippen LogP contribution is 2.37. The number of nitrogens with zero attached hydrogens (tertiary/aromatic N) is 2. The molecular weight excluding hydrogens is 368 g/mol. The van der Waals surface area contributed by atoms with Gasteiger partial charge in [0.1, 0.15) is 11.7 Å². The molecule has 2 saturated heterocycles. The molecule has 0 amide bonds. The summed E-state index contributed by atoms with van der Waals surface area (Å²) in [5, 5.41) is 9.99. The molecule has 6 nitrogen and oxygen atoms in total. The molecule has 1 aromatic carbocycles. The lowest BCUT2D eigenvalue weighted by atomic mass is 9.99. The van der Waals surface area contributed by atoms with Crippen LogP contribution in [0.3, 0.4) is 0 Å². The standard InChI is InChI=1S/C23H30N2O4/c1-15(2)25-21-7-4-3-6-16(21)12-20(22(25)27)23(28)29-19-13-17-8-9-18(14-19)24(17)10-5-11-26/h3-4,6-7,12,15,17-19,26H,5,8-11,13-14H2,1-2H3/t17-,18+,19+. The molecule has 2 aromatic rings. The number of hydrogen-bond acceptors (Lipinski definition) is 5. The third-order valence-electron chi connectivity index (χ3n) is 6.37. The number of carbonyl (C=O) groups excluding carboxylic acids is 1. The molecule has 0 spiro atoms. The molecule has 0 saturated carbocycles. The monoisotopic (exact) mass is 398 g/mol. The molecule has 2 aliphatic rings. The maximum absolute atomic E-state index is 13.0. The summed E-state index contributed by atoms with van der Waals surface area (Å²) in [5.74, 6) is -0.511. The molecule has 2 aliphatic heterocycles. The average Bonchev–Trinajstić information content (AvgIpc) is 2.93. The van der Waals surface area contributed by atoms with Gasteiger partial charge in [0.2, 0.25) is 0 Å². The minimum atomic E-state index is -0.511. The number of carbonyl (C=O) groups is 1. The Morgan fingerprint density at radius 2 is 1.90 bits per heavy atom. The molecule has 4 rings (SSSR count). The number of aliphatic hydroxyl groups excluding tert-OH is 1. The maximum Gasteiger partial charge on any atom is 0.344 e. The fraction of sp³-hybridized carbons (Fsp3) is 0.565. The zero-order valence-corrected chi connectivity index (χ0v) is 17.2. The molecule has 0 aliphatic carbocycles. The van der Waals surface area contributed by atoms with Crippen molar-refractivity contribution >= 4 is 16.9 Å². The van der Waals surface area contributed by atoms with Gasteiger partial charge in [0.05, 0.1) is 5.52 Å². The molecule has 6 heteroatoms. The van der Waals surface area contributed by atoms with Crippen LogP contribution < -0.4 is 5.56 Å². The maximum atomic E-state index is 13.0. The number of benzene rings is 1. The first-order valence-corrected chi connectivity index (χ1v) is 10.7. The number of para-hydroxylation sites is 1. The van der Waals surface area contributed by atoms with Gasteiger partial charge >= 0.3 is 5.97 Å². The van der Waals surface area contributed by atoms with Crippen molar-refractivity contribution < 1.29 is 14.6 Å². The Balaban J connectivity index is 1.55. The summed E-state index contributed by atoms with van der Waals surface area (Å²) >= 11 is 0. The molecule has 3 heterocycles. The van der Waals surface area contributed by atoms with E-state index in [9.17, 15) is 9.59 Å². The predicted octanol–water partition coefficient (Wildman–Crippen LogP) is 3.12. The van der Waals surface area contributed by atoms with Crippen molar-refractivity contribution in [1.82, 2.24) is 9.47 Å². The third-order valence-corrected chi connectivity index (χ3v) is 6.37. The van der Waals surface area contributed by atoms with E-state index in [1.807, 2.05) is 38.1 Å². The quantitative estimate of drug-likeness (QED) is 0.757. The second kappa shape index (κ2) is 8.28. The SMILES string of the molecule is CC(C)n1c(=O)c(C(=O)O[C@H]2C[C@H]3CC[C@@H](C2)N3CCCO)cc2ccccc21. The van der Waals surface area contributed by atoms with E-state index in [0.29, 0.717) is 12.1 Å². The highest BCUT2D eigenvalue weighted by atomic mass is 16.5. The van der Waals surface area contributed by atoms with Crippen molar-refractivity contribution in [3.63, 3.8) is 0 Å². The minimum absolute atomic E-state index is 0.0502. The number of esters is 1. The topological polar surface area (TPSA) is 71.8 Å². The van der Waals surface area contributed by atoms with Crippen LogP contribution in [0.2, 0.25) is 0 Å². The zero-order valence-electron chi connectivity index (χ0n) is 17.2. The van der Waals surface area contributed by atoms with Gasteiger partial charge in [-0.1, -0.05) is 18.2 Å². The van der Waals surface area contributed by atoms with Gasteiger partial charge in [-0.3, -0.25) is 9.69 Å². The number of aromatic nitrogens is 1. The Bertz CT molecular complexity index is 938. The lowest BCUT2D eigenvalue weighted by Gasteiger charge is -2.38. The average molecular weight is 399 g/mol. The molecule has 0 unspecified atom stereocenters. The Morgan fingerprint density at radius 3 is 2.55 bits per heavy atom. The summed E-state index contributed by atoms with van der Waals surface area (Å²) in [6, 6.07) is 10.1. The Labute approximate surface area is 171 Å². The summed E-state index contributed by atoms with van der Waals surface area (Å²) in [5.41, 5.74) is 0.666. The van der Waals surface area contributed by atoms with Crippen LogP contribution in [-0.4, -0.2) is 51.9 Å². The van der Waals surface area contributed by atoms with Gasteiger partial charge in [-0.05, 0) is 50.6 Å². The molecule has 1 aromatic heterocycles. The lowest BCUT2D eigenvalue weighted by molar-refractivity contribution is -0.00711. The third kappa shape index (κ3) is 3.83. The molecule has 156 valence electrons. The van der Waals surface area contributed by atoms with Crippen LogP contribution in [0.15, 0.2) is 35.1 Å². The van der Waals surface area contributed by atoms with Crippen molar-refractivity contribution in [3.05, 3.63) is 46.2 Å². The highest BCUT2D eigenvalue weighted by molar-refractivity contribution is 5.94. The number of piperidine rings is 1.